The first-order chi connectivity index (χ1) is 8.80. The summed E-state index contributed by atoms with van der Waals surface area (Å²) < 4.78 is 9.88. The molecule has 0 aromatic rings. The van der Waals surface area contributed by atoms with E-state index in [0.717, 1.165) is 4.90 Å². The van der Waals surface area contributed by atoms with E-state index in [2.05, 4.69) is 4.74 Å². The highest BCUT2D eigenvalue weighted by Crippen LogP contribution is 2.27. The van der Waals surface area contributed by atoms with Crippen LogP contribution in [-0.2, 0) is 19.1 Å². The van der Waals surface area contributed by atoms with E-state index >= 15 is 0 Å². The predicted molar refractivity (Wildman–Crippen MR) is 66.9 cm³/mol. The number of carbonyl (C=O) groups is 2. The third-order valence-corrected chi connectivity index (χ3v) is 2.67. The minimum Gasteiger partial charge on any atom is -0.467 e. The number of carbonyl (C=O) groups excluding carboxylic acids is 3. The topological polar surface area (TPSA) is 72.9 Å². The van der Waals surface area contributed by atoms with Crippen molar-refractivity contribution in [2.24, 2.45) is 0 Å². The van der Waals surface area contributed by atoms with Gasteiger partial charge in [0.25, 0.3) is 0 Å². The molecule has 0 aliphatic carbocycles. The van der Waals surface area contributed by atoms with E-state index in [1.165, 1.54) is 7.11 Å². The molecule has 0 spiro atoms. The van der Waals surface area contributed by atoms with E-state index in [9.17, 15) is 14.4 Å². The van der Waals surface area contributed by atoms with Gasteiger partial charge < -0.3 is 9.47 Å². The quantitative estimate of drug-likeness (QED) is 0.534. The largest absolute Gasteiger partial charge is 0.467 e. The highest BCUT2D eigenvalue weighted by Gasteiger charge is 2.39. The van der Waals surface area contributed by atoms with Crippen molar-refractivity contribution in [1.82, 2.24) is 4.90 Å². The van der Waals surface area contributed by atoms with Crippen LogP contribution in [0.1, 0.15) is 40.0 Å². The lowest BCUT2D eigenvalue weighted by Gasteiger charge is -2.35. The number of hydrogen-bond donors (Lipinski definition) is 0. The normalized spacial score (nSPS) is 19.7. The second-order valence-corrected chi connectivity index (χ2v) is 5.33. The highest BCUT2D eigenvalue weighted by molar-refractivity contribution is 5.84. The Kier molecular flexibility index (Phi) is 4.72. The van der Waals surface area contributed by atoms with Crippen LogP contribution in [-0.4, -0.2) is 41.7 Å². The number of allylic oxidation sites excluding steroid dienone is 1. The first-order valence-electron chi connectivity index (χ1n) is 6.14. The fourth-order valence-electron chi connectivity index (χ4n) is 1.91. The van der Waals surface area contributed by atoms with Crippen LogP contribution in [0.5, 0.6) is 0 Å². The molecule has 1 amide bonds. The van der Waals surface area contributed by atoms with Crippen molar-refractivity contribution < 1.29 is 23.9 Å². The molecule has 0 aromatic heterocycles. The molecule has 1 aliphatic heterocycles. The third-order valence-electron chi connectivity index (χ3n) is 2.67. The lowest BCUT2D eigenvalue weighted by molar-refractivity contribution is -0.147. The fourth-order valence-corrected chi connectivity index (χ4v) is 1.91. The van der Waals surface area contributed by atoms with Gasteiger partial charge in [-0.25, -0.2) is 14.4 Å². The van der Waals surface area contributed by atoms with Crippen LogP contribution in [0.15, 0.2) is 5.70 Å². The summed E-state index contributed by atoms with van der Waals surface area (Å²) in [4.78, 5) is 35.8. The molecule has 6 nitrogen and oxygen atoms in total. The van der Waals surface area contributed by atoms with Crippen molar-refractivity contribution in [1.29, 1.82) is 0 Å². The lowest BCUT2D eigenvalue weighted by atomic mass is 10.0. The van der Waals surface area contributed by atoms with E-state index < -0.39 is 23.7 Å². The van der Waals surface area contributed by atoms with Crippen LogP contribution in [0.25, 0.3) is 0 Å². The second-order valence-electron chi connectivity index (χ2n) is 5.33. The fraction of sp³-hybridized carbons (Fsp3) is 0.692. The van der Waals surface area contributed by atoms with E-state index in [1.54, 1.807) is 26.7 Å². The van der Waals surface area contributed by atoms with Gasteiger partial charge in [-0.1, -0.05) is 0 Å². The Labute approximate surface area is 112 Å². The zero-order valence-corrected chi connectivity index (χ0v) is 11.7. The maximum Gasteiger partial charge on any atom is 0.415 e. The van der Waals surface area contributed by atoms with Crippen molar-refractivity contribution in [3.63, 3.8) is 0 Å². The molecule has 19 heavy (non-hydrogen) atoms. The number of methoxy groups -OCH3 is 1. The zero-order valence-electron chi connectivity index (χ0n) is 11.7. The molecule has 0 unspecified atom stereocenters. The number of likely N-dealkylation sites (tertiary alicyclic amines) is 1. The smallest absolute Gasteiger partial charge is 0.415 e. The SMILES string of the molecule is COC(=O)[C@@H]1CCCC(=C=O)N1C(=O)OC(C)(C)C. The summed E-state index contributed by atoms with van der Waals surface area (Å²) in [6.07, 6.45) is 0.748. The van der Waals surface area contributed by atoms with Crippen LogP contribution in [0.4, 0.5) is 4.79 Å². The van der Waals surface area contributed by atoms with Crippen molar-refractivity contribution in [3.05, 3.63) is 5.70 Å². The third kappa shape index (κ3) is 3.83. The number of amides is 1. The van der Waals surface area contributed by atoms with E-state index in [0.29, 0.717) is 19.3 Å². The van der Waals surface area contributed by atoms with Gasteiger partial charge in [0, 0.05) is 0 Å². The Morgan fingerprint density at radius 2 is 2.00 bits per heavy atom. The first kappa shape index (κ1) is 15.2. The Bertz CT molecular complexity index is 417. The number of hydrogen-bond acceptors (Lipinski definition) is 5. The van der Waals surface area contributed by atoms with Gasteiger partial charge in [0.1, 0.15) is 23.3 Å². The number of nitrogens with zero attached hydrogens (tertiary/aromatic N) is 1. The number of ether oxygens (including phenoxy) is 2. The molecular formula is C13H19NO5. The second kappa shape index (κ2) is 5.89. The average molecular weight is 269 g/mol. The Hall–Kier alpha value is -1.81. The van der Waals surface area contributed by atoms with Gasteiger partial charge in [0.2, 0.25) is 0 Å². The summed E-state index contributed by atoms with van der Waals surface area (Å²) in [7, 11) is 1.24. The van der Waals surface area contributed by atoms with Crippen molar-refractivity contribution in [3.8, 4) is 0 Å². The van der Waals surface area contributed by atoms with Gasteiger partial charge in [-0.15, -0.1) is 0 Å². The van der Waals surface area contributed by atoms with Crippen LogP contribution in [0.3, 0.4) is 0 Å². The minimum absolute atomic E-state index is 0.135. The molecule has 1 atom stereocenters. The highest BCUT2D eigenvalue weighted by atomic mass is 16.6. The maximum absolute atomic E-state index is 12.1. The molecule has 1 rings (SSSR count). The van der Waals surface area contributed by atoms with Crippen molar-refractivity contribution in [2.45, 2.75) is 51.7 Å². The van der Waals surface area contributed by atoms with Gasteiger partial charge in [-0.2, -0.15) is 0 Å². The zero-order chi connectivity index (χ0) is 14.6. The number of piperidine rings is 1. The summed E-state index contributed by atoms with van der Waals surface area (Å²) in [5.41, 5.74) is -0.570. The van der Waals surface area contributed by atoms with Gasteiger partial charge in [-0.05, 0) is 40.0 Å². The summed E-state index contributed by atoms with van der Waals surface area (Å²) in [5, 5.41) is 0. The molecule has 0 radical (unpaired) electrons. The molecular weight excluding hydrogens is 250 g/mol. The van der Waals surface area contributed by atoms with E-state index in [-0.39, 0.29) is 5.70 Å². The molecule has 0 bridgehead atoms. The monoisotopic (exact) mass is 269 g/mol. The average Bonchev–Trinajstić information content (AvgIpc) is 2.34. The summed E-state index contributed by atoms with van der Waals surface area (Å²) in [5.74, 6) is 1.16. The lowest BCUT2D eigenvalue weighted by Crippen LogP contribution is -2.49. The van der Waals surface area contributed by atoms with Crippen LogP contribution < -0.4 is 0 Å². The van der Waals surface area contributed by atoms with E-state index in [4.69, 9.17) is 4.74 Å². The van der Waals surface area contributed by atoms with Crippen LogP contribution in [0.2, 0.25) is 0 Å². The van der Waals surface area contributed by atoms with Crippen LogP contribution in [0, 0.1) is 0 Å². The Morgan fingerprint density at radius 3 is 2.47 bits per heavy atom. The maximum atomic E-state index is 12.1. The number of rotatable bonds is 1. The molecule has 0 saturated carbocycles. The molecule has 1 saturated heterocycles. The van der Waals surface area contributed by atoms with Crippen molar-refractivity contribution in [2.75, 3.05) is 7.11 Å². The molecule has 6 heteroatoms. The predicted octanol–water partition coefficient (Wildman–Crippen LogP) is 1.66. The van der Waals surface area contributed by atoms with Crippen LogP contribution >= 0.6 is 0 Å². The summed E-state index contributed by atoms with van der Waals surface area (Å²) in [6, 6.07) is -0.815. The Morgan fingerprint density at radius 1 is 1.37 bits per heavy atom. The van der Waals surface area contributed by atoms with Gasteiger partial charge in [0.15, 0.2) is 0 Å². The molecule has 1 aliphatic rings. The molecule has 1 fully saturated rings. The summed E-state index contributed by atoms with van der Waals surface area (Å²) in [6.45, 7) is 5.14. The van der Waals surface area contributed by atoms with Gasteiger partial charge in [0.05, 0.1) is 7.11 Å². The molecule has 106 valence electrons. The minimum atomic E-state index is -0.815. The first-order valence-corrected chi connectivity index (χ1v) is 6.14. The summed E-state index contributed by atoms with van der Waals surface area (Å²) >= 11 is 0. The van der Waals surface area contributed by atoms with E-state index in [1.807, 2.05) is 0 Å². The standard InChI is InChI=1S/C13H19NO5/c1-13(2,3)19-12(17)14-9(8-15)6-5-7-10(14)11(16)18-4/h10H,5-7H2,1-4H3/t10-/m0/s1. The van der Waals surface area contributed by atoms with Gasteiger partial charge in [-0.3, -0.25) is 4.90 Å². The Balaban J connectivity index is 3.02. The molecule has 0 N–H and O–H groups in total. The molecule has 0 aromatic carbocycles. The van der Waals surface area contributed by atoms with Crippen molar-refractivity contribution >= 4 is 18.0 Å². The molecule has 1 heterocycles. The van der Waals surface area contributed by atoms with Gasteiger partial charge >= 0.3 is 12.1 Å². The number of esters is 1.